The lowest BCUT2D eigenvalue weighted by atomic mass is 9.84. The predicted octanol–water partition coefficient (Wildman–Crippen LogP) is 4.38. The highest BCUT2D eigenvalue weighted by Gasteiger charge is 2.41. The molecule has 0 fully saturated rings. The summed E-state index contributed by atoms with van der Waals surface area (Å²) in [6.07, 6.45) is 4.90. The number of hydrogen-bond donors (Lipinski definition) is 3. The Hall–Kier alpha value is -4.69. The number of nitrogens with one attached hydrogen (secondary N) is 1. The Balaban J connectivity index is 1.48. The summed E-state index contributed by atoms with van der Waals surface area (Å²) in [6.45, 7) is 0.462. The molecule has 3 aromatic carbocycles. The van der Waals surface area contributed by atoms with Crippen LogP contribution in [0.3, 0.4) is 0 Å². The summed E-state index contributed by atoms with van der Waals surface area (Å²) < 4.78 is 5.17. The lowest BCUT2D eigenvalue weighted by Crippen LogP contribution is -2.49. The summed E-state index contributed by atoms with van der Waals surface area (Å²) in [5, 5.41) is 24.8. The van der Waals surface area contributed by atoms with Crippen molar-refractivity contribution in [2.24, 2.45) is 5.10 Å². The number of allylic oxidation sites excluding steroid dienone is 2. The lowest BCUT2D eigenvalue weighted by molar-refractivity contribution is -0.142. The maximum Gasteiger partial charge on any atom is 0.335 e. The van der Waals surface area contributed by atoms with E-state index in [-0.39, 0.29) is 23.8 Å². The van der Waals surface area contributed by atoms with E-state index < -0.39 is 11.5 Å². The maximum absolute atomic E-state index is 13.6. The number of carboxylic acids is 1. The molecule has 0 aromatic heterocycles. The van der Waals surface area contributed by atoms with Crippen molar-refractivity contribution >= 4 is 34.5 Å². The zero-order chi connectivity index (χ0) is 26.0. The number of hydrazone groups is 1. The molecule has 2 aliphatic rings. The number of methoxy groups -OCH3 is 1. The molecule has 1 aliphatic carbocycles. The fourth-order valence-electron chi connectivity index (χ4n) is 4.58. The Morgan fingerprint density at radius 2 is 1.76 bits per heavy atom. The molecule has 8 heteroatoms. The number of para-hydroxylation sites is 2. The maximum atomic E-state index is 13.6. The van der Waals surface area contributed by atoms with E-state index in [0.29, 0.717) is 34.7 Å². The van der Waals surface area contributed by atoms with Gasteiger partial charge in [-0.3, -0.25) is 15.1 Å². The summed E-state index contributed by atoms with van der Waals surface area (Å²) in [4.78, 5) is 27.6. The van der Waals surface area contributed by atoms with Gasteiger partial charge in [-0.15, -0.1) is 0 Å². The molecule has 1 amide bonds. The number of nitrogens with zero attached hydrogens (tertiary/aromatic N) is 2. The summed E-state index contributed by atoms with van der Waals surface area (Å²) in [5.74, 6) is -1.47. The molecular weight excluding hydrogens is 470 g/mol. The number of hydrogen-bond acceptors (Lipinski definition) is 6. The second-order valence-electron chi connectivity index (χ2n) is 8.85. The number of aliphatic carboxylic acids is 1. The fourth-order valence-corrected chi connectivity index (χ4v) is 4.58. The number of ether oxygens (including phenoxy) is 1. The molecule has 1 heterocycles. The van der Waals surface area contributed by atoms with Crippen molar-refractivity contribution in [3.05, 3.63) is 108 Å². The average Bonchev–Trinajstić information content (AvgIpc) is 3.19. The van der Waals surface area contributed by atoms with Crippen molar-refractivity contribution < 1.29 is 24.5 Å². The van der Waals surface area contributed by atoms with Crippen LogP contribution in [0.25, 0.3) is 5.57 Å². The van der Waals surface area contributed by atoms with Gasteiger partial charge in [0.2, 0.25) is 0 Å². The number of amides is 1. The number of fused-ring (bicyclic) bond motifs is 1. The fraction of sp³-hybridized carbons (Fsp3) is 0.138. The highest BCUT2D eigenvalue weighted by atomic mass is 16.5. The van der Waals surface area contributed by atoms with Gasteiger partial charge in [0.05, 0.1) is 12.3 Å². The Morgan fingerprint density at radius 3 is 2.46 bits per heavy atom. The van der Waals surface area contributed by atoms with Crippen LogP contribution in [0, 0.1) is 0 Å². The molecule has 3 aromatic rings. The van der Waals surface area contributed by atoms with Gasteiger partial charge in [0.25, 0.3) is 5.91 Å². The number of aromatic hydroxyl groups is 1. The van der Waals surface area contributed by atoms with Gasteiger partial charge in [-0.25, -0.2) is 4.79 Å². The van der Waals surface area contributed by atoms with E-state index in [9.17, 15) is 19.8 Å². The van der Waals surface area contributed by atoms with Crippen molar-refractivity contribution in [1.82, 2.24) is 5.43 Å². The van der Waals surface area contributed by atoms with Gasteiger partial charge in [-0.1, -0.05) is 60.7 Å². The standard InChI is InChI=1S/C29H25N3O5/c1-37-18-19-12-14-21(15-13-19)32-24-10-4-2-9-23(24)26(27(32)34)30-31-29(28(35)36)16-6-7-20(17-29)22-8-3-5-11-25(22)33/h2-16,31,33H,17-18H2,1H3,(H,35,36). The van der Waals surface area contributed by atoms with E-state index in [0.717, 1.165) is 5.56 Å². The van der Waals surface area contributed by atoms with Crippen LogP contribution in [0.15, 0.2) is 96.1 Å². The third-order valence-electron chi connectivity index (χ3n) is 6.46. The zero-order valence-corrected chi connectivity index (χ0v) is 20.1. The first-order valence-corrected chi connectivity index (χ1v) is 11.7. The highest BCUT2D eigenvalue weighted by Crippen LogP contribution is 2.37. The van der Waals surface area contributed by atoms with E-state index in [4.69, 9.17) is 4.74 Å². The molecule has 37 heavy (non-hydrogen) atoms. The minimum absolute atomic E-state index is 0.0215. The summed E-state index contributed by atoms with van der Waals surface area (Å²) >= 11 is 0. The normalized spacial score (nSPS) is 19.6. The molecule has 1 unspecified atom stereocenters. The van der Waals surface area contributed by atoms with Gasteiger partial charge in [0.15, 0.2) is 11.3 Å². The SMILES string of the molecule is COCc1ccc(N2C(=O)C(=NNC3(C(=O)O)C=CC=C(c4ccccc4O)C3)c3ccccc32)cc1. The van der Waals surface area contributed by atoms with Crippen LogP contribution in [0.2, 0.25) is 0 Å². The molecule has 1 atom stereocenters. The van der Waals surface area contributed by atoms with E-state index in [2.05, 4.69) is 10.5 Å². The average molecular weight is 496 g/mol. The number of carbonyl (C=O) groups excluding carboxylic acids is 1. The first kappa shape index (κ1) is 24.0. The molecule has 0 radical (unpaired) electrons. The van der Waals surface area contributed by atoms with Gasteiger partial charge < -0.3 is 14.9 Å². The van der Waals surface area contributed by atoms with Gasteiger partial charge in [0.1, 0.15) is 5.75 Å². The number of phenols is 1. The predicted molar refractivity (Wildman–Crippen MR) is 141 cm³/mol. The lowest BCUT2D eigenvalue weighted by Gasteiger charge is -2.29. The molecule has 0 saturated heterocycles. The van der Waals surface area contributed by atoms with Crippen LogP contribution < -0.4 is 10.3 Å². The number of benzene rings is 3. The quantitative estimate of drug-likeness (QED) is 0.420. The van der Waals surface area contributed by atoms with Gasteiger partial charge >= 0.3 is 5.97 Å². The van der Waals surface area contributed by atoms with Crippen molar-refractivity contribution in [2.45, 2.75) is 18.6 Å². The molecule has 5 rings (SSSR count). The summed E-state index contributed by atoms with van der Waals surface area (Å²) in [5.41, 5.74) is 5.35. The monoisotopic (exact) mass is 495 g/mol. The minimum atomic E-state index is -1.61. The Bertz CT molecular complexity index is 1460. The molecule has 0 bridgehead atoms. The van der Waals surface area contributed by atoms with Crippen molar-refractivity contribution in [1.29, 1.82) is 0 Å². The molecule has 3 N–H and O–H groups in total. The second kappa shape index (κ2) is 9.75. The van der Waals surface area contributed by atoms with Crippen LogP contribution in [0.5, 0.6) is 5.75 Å². The van der Waals surface area contributed by atoms with Crippen LogP contribution in [0.1, 0.15) is 23.1 Å². The summed E-state index contributed by atoms with van der Waals surface area (Å²) in [7, 11) is 1.62. The number of phenolic OH excluding ortho intramolecular Hbond substituents is 1. The highest BCUT2D eigenvalue weighted by molar-refractivity contribution is 6.55. The number of carbonyl (C=O) groups is 2. The Kier molecular flexibility index (Phi) is 6.33. The smallest absolute Gasteiger partial charge is 0.335 e. The van der Waals surface area contributed by atoms with Crippen molar-refractivity contribution in [3.63, 3.8) is 0 Å². The van der Waals surface area contributed by atoms with Gasteiger partial charge in [0, 0.05) is 30.3 Å². The van der Waals surface area contributed by atoms with Crippen molar-refractivity contribution in [2.75, 3.05) is 12.0 Å². The molecule has 1 aliphatic heterocycles. The Labute approximate surface area is 213 Å². The minimum Gasteiger partial charge on any atom is -0.507 e. The van der Waals surface area contributed by atoms with Gasteiger partial charge in [-0.05, 0) is 41.5 Å². The van der Waals surface area contributed by atoms with E-state index in [1.54, 1.807) is 60.6 Å². The van der Waals surface area contributed by atoms with E-state index in [1.165, 1.54) is 6.08 Å². The van der Waals surface area contributed by atoms with E-state index >= 15 is 0 Å². The van der Waals surface area contributed by atoms with E-state index in [1.807, 2.05) is 36.4 Å². The molecule has 0 saturated carbocycles. The van der Waals surface area contributed by atoms with Crippen LogP contribution in [0.4, 0.5) is 11.4 Å². The number of anilines is 2. The Morgan fingerprint density at radius 1 is 1.05 bits per heavy atom. The van der Waals surface area contributed by atoms with Crippen LogP contribution in [-0.2, 0) is 20.9 Å². The number of rotatable bonds is 7. The van der Waals surface area contributed by atoms with Crippen molar-refractivity contribution in [3.8, 4) is 5.75 Å². The first-order valence-electron chi connectivity index (χ1n) is 11.7. The molecule has 186 valence electrons. The third kappa shape index (κ3) is 4.39. The largest absolute Gasteiger partial charge is 0.507 e. The zero-order valence-electron chi connectivity index (χ0n) is 20.1. The summed E-state index contributed by atoms with van der Waals surface area (Å²) in [6, 6.07) is 21.5. The second-order valence-corrected chi connectivity index (χ2v) is 8.85. The topological polar surface area (TPSA) is 111 Å². The van der Waals surface area contributed by atoms with Crippen LogP contribution in [-0.4, -0.2) is 40.4 Å². The molecule has 0 spiro atoms. The van der Waals surface area contributed by atoms with Gasteiger partial charge in [-0.2, -0.15) is 5.10 Å². The first-order chi connectivity index (χ1) is 17.9. The third-order valence-corrected chi connectivity index (χ3v) is 6.46. The molecule has 8 nitrogen and oxygen atoms in total. The number of carboxylic acid groups (broad SMARTS) is 1. The molecular formula is C29H25N3O5. The van der Waals surface area contributed by atoms with Crippen LogP contribution >= 0.6 is 0 Å².